The van der Waals surface area contributed by atoms with Gasteiger partial charge in [0.25, 0.3) is 0 Å². The monoisotopic (exact) mass is 286 g/mol. The van der Waals surface area contributed by atoms with Gasteiger partial charge in [0, 0.05) is 23.3 Å². The molecule has 0 aromatic rings. The highest BCUT2D eigenvalue weighted by atomic mass is 79.9. The summed E-state index contributed by atoms with van der Waals surface area (Å²) in [5.41, 5.74) is 0.868. The summed E-state index contributed by atoms with van der Waals surface area (Å²) in [5, 5.41) is 3.10. The number of carbonyl (C=O) groups is 1. The van der Waals surface area contributed by atoms with Crippen molar-refractivity contribution in [2.45, 2.75) is 39.3 Å². The molecule has 0 aliphatic carbocycles. The average molecular weight is 287 g/mol. The predicted octanol–water partition coefficient (Wildman–Crippen LogP) is 2.40. The lowest BCUT2D eigenvalue weighted by Crippen LogP contribution is -2.51. The lowest BCUT2D eigenvalue weighted by atomic mass is 10.0. The smallest absolute Gasteiger partial charge is 0.249 e. The van der Waals surface area contributed by atoms with Gasteiger partial charge in [-0.25, -0.2) is 0 Å². The normalized spacial score (nSPS) is 20.8. The van der Waals surface area contributed by atoms with E-state index in [0.717, 1.165) is 10.1 Å². The molecular formula is C12H19BrN2O. The van der Waals surface area contributed by atoms with Gasteiger partial charge >= 0.3 is 0 Å². The van der Waals surface area contributed by atoms with Crippen molar-refractivity contribution >= 4 is 21.8 Å². The molecule has 0 fully saturated rings. The first-order valence-electron chi connectivity index (χ1n) is 5.31. The van der Waals surface area contributed by atoms with Crippen LogP contribution in [0.3, 0.4) is 0 Å². The van der Waals surface area contributed by atoms with E-state index in [2.05, 4.69) is 21.2 Å². The van der Waals surface area contributed by atoms with Crippen molar-refractivity contribution in [1.82, 2.24) is 10.2 Å². The number of dihydropyridines is 1. The largest absolute Gasteiger partial charge is 0.375 e. The Bertz CT molecular complexity index is 353. The molecule has 1 unspecified atom stereocenters. The maximum atomic E-state index is 12.2. The molecule has 1 heterocycles. The highest BCUT2D eigenvalue weighted by Gasteiger charge is 2.30. The number of halogens is 1. The molecule has 90 valence electrons. The van der Waals surface area contributed by atoms with Gasteiger partial charge in [0.05, 0.1) is 0 Å². The summed E-state index contributed by atoms with van der Waals surface area (Å²) >= 11 is 3.38. The predicted molar refractivity (Wildman–Crippen MR) is 70.2 cm³/mol. The van der Waals surface area contributed by atoms with Crippen molar-refractivity contribution < 1.29 is 4.79 Å². The lowest BCUT2D eigenvalue weighted by molar-refractivity contribution is -0.135. The Morgan fingerprint density at radius 3 is 2.50 bits per heavy atom. The number of amides is 1. The van der Waals surface area contributed by atoms with E-state index in [0.29, 0.717) is 0 Å². The first-order chi connectivity index (χ1) is 7.23. The Labute approximate surface area is 106 Å². The molecule has 0 spiro atoms. The maximum absolute atomic E-state index is 12.2. The minimum absolute atomic E-state index is 0.0949. The molecule has 0 radical (unpaired) electrons. The van der Waals surface area contributed by atoms with Gasteiger partial charge in [-0.1, -0.05) is 0 Å². The summed E-state index contributed by atoms with van der Waals surface area (Å²) in [6.07, 6.45) is 3.78. The second-order valence-corrected chi connectivity index (χ2v) is 6.00. The van der Waals surface area contributed by atoms with Crippen molar-refractivity contribution in [2.75, 3.05) is 7.05 Å². The molecule has 1 aliphatic heterocycles. The molecule has 0 aromatic heterocycles. The number of carbonyl (C=O) groups excluding carboxylic acids is 1. The summed E-state index contributed by atoms with van der Waals surface area (Å²) in [6, 6.07) is -0.245. The van der Waals surface area contributed by atoms with Crippen LogP contribution in [-0.2, 0) is 4.79 Å². The van der Waals surface area contributed by atoms with Gasteiger partial charge in [-0.15, -0.1) is 0 Å². The van der Waals surface area contributed by atoms with E-state index in [9.17, 15) is 4.79 Å². The SMILES string of the molecule is CC1=CC(Br)=CNC1C(=O)N(C)C(C)(C)C. The number of hydrogen-bond donors (Lipinski definition) is 1. The number of rotatable bonds is 1. The van der Waals surface area contributed by atoms with Crippen molar-refractivity contribution in [3.05, 3.63) is 22.3 Å². The summed E-state index contributed by atoms with van der Waals surface area (Å²) in [7, 11) is 1.84. The first kappa shape index (κ1) is 13.3. The zero-order valence-corrected chi connectivity index (χ0v) is 12.1. The molecule has 3 nitrogen and oxygen atoms in total. The summed E-state index contributed by atoms with van der Waals surface area (Å²) in [4.78, 5) is 14.0. The van der Waals surface area contributed by atoms with Crippen LogP contribution in [0.1, 0.15) is 27.7 Å². The van der Waals surface area contributed by atoms with Crippen molar-refractivity contribution in [2.24, 2.45) is 0 Å². The number of likely N-dealkylation sites (N-methyl/N-ethyl adjacent to an activating group) is 1. The van der Waals surface area contributed by atoms with Crippen molar-refractivity contribution in [3.8, 4) is 0 Å². The van der Waals surface area contributed by atoms with E-state index in [1.165, 1.54) is 0 Å². The third-order valence-electron chi connectivity index (χ3n) is 2.79. The summed E-state index contributed by atoms with van der Waals surface area (Å²) < 4.78 is 0.965. The second-order valence-electron chi connectivity index (χ2n) is 5.09. The molecule has 1 aliphatic rings. The molecule has 1 amide bonds. The third-order valence-corrected chi connectivity index (χ3v) is 3.25. The van der Waals surface area contributed by atoms with Gasteiger partial charge in [0.1, 0.15) is 6.04 Å². The highest BCUT2D eigenvalue weighted by molar-refractivity contribution is 9.11. The Balaban J connectivity index is 2.82. The van der Waals surface area contributed by atoms with Crippen LogP contribution in [0.25, 0.3) is 0 Å². The summed E-state index contributed by atoms with van der Waals surface area (Å²) in [6.45, 7) is 8.04. The topological polar surface area (TPSA) is 32.3 Å². The molecule has 1 rings (SSSR count). The van der Waals surface area contributed by atoms with Gasteiger partial charge in [-0.3, -0.25) is 4.79 Å². The van der Waals surface area contributed by atoms with Crippen molar-refractivity contribution in [1.29, 1.82) is 0 Å². The van der Waals surface area contributed by atoms with Crippen molar-refractivity contribution in [3.63, 3.8) is 0 Å². The molecule has 1 N–H and O–H groups in total. The Morgan fingerprint density at radius 1 is 1.50 bits per heavy atom. The van der Waals surface area contributed by atoms with Crippen LogP contribution >= 0.6 is 15.9 Å². The molecule has 0 saturated heterocycles. The molecule has 0 aromatic carbocycles. The van der Waals surface area contributed by atoms with Gasteiger partial charge in [0.15, 0.2) is 0 Å². The van der Waals surface area contributed by atoms with Crippen LogP contribution in [-0.4, -0.2) is 29.4 Å². The minimum Gasteiger partial charge on any atom is -0.375 e. The molecule has 1 atom stereocenters. The van der Waals surface area contributed by atoms with Crippen LogP contribution in [0.4, 0.5) is 0 Å². The van der Waals surface area contributed by atoms with Gasteiger partial charge in [0.2, 0.25) is 5.91 Å². The Morgan fingerprint density at radius 2 is 2.06 bits per heavy atom. The summed E-state index contributed by atoms with van der Waals surface area (Å²) in [5.74, 6) is 0.0949. The van der Waals surface area contributed by atoms with Crippen LogP contribution in [0.5, 0.6) is 0 Å². The van der Waals surface area contributed by atoms with Crippen LogP contribution in [0.15, 0.2) is 22.3 Å². The van der Waals surface area contributed by atoms with E-state index >= 15 is 0 Å². The molecule has 4 heteroatoms. The number of hydrogen-bond acceptors (Lipinski definition) is 2. The quantitative estimate of drug-likeness (QED) is 0.803. The fourth-order valence-corrected chi connectivity index (χ4v) is 1.92. The Hall–Kier alpha value is -0.770. The fourth-order valence-electron chi connectivity index (χ4n) is 1.43. The zero-order chi connectivity index (χ0) is 12.5. The molecule has 0 saturated carbocycles. The zero-order valence-electron chi connectivity index (χ0n) is 10.5. The maximum Gasteiger partial charge on any atom is 0.249 e. The Kier molecular flexibility index (Phi) is 3.84. The van der Waals surface area contributed by atoms with Crippen LogP contribution < -0.4 is 5.32 Å². The first-order valence-corrected chi connectivity index (χ1v) is 6.10. The van der Waals surface area contributed by atoms with E-state index in [-0.39, 0.29) is 17.5 Å². The van der Waals surface area contributed by atoms with Crippen LogP contribution in [0, 0.1) is 0 Å². The minimum atomic E-state index is -0.245. The standard InChI is InChI=1S/C12H19BrN2O/c1-8-6-9(13)7-14-10(8)11(16)15(5)12(2,3)4/h6-7,10,14H,1-5H3. The van der Waals surface area contributed by atoms with Gasteiger partial charge in [-0.05, 0) is 55.3 Å². The molecule has 16 heavy (non-hydrogen) atoms. The van der Waals surface area contributed by atoms with Gasteiger partial charge in [-0.2, -0.15) is 0 Å². The lowest BCUT2D eigenvalue weighted by Gasteiger charge is -2.35. The second kappa shape index (κ2) is 4.62. The van der Waals surface area contributed by atoms with E-state index in [1.54, 1.807) is 4.90 Å². The number of nitrogens with one attached hydrogen (secondary N) is 1. The molecular weight excluding hydrogens is 268 g/mol. The van der Waals surface area contributed by atoms with Crippen LogP contribution in [0.2, 0.25) is 0 Å². The molecule has 0 bridgehead atoms. The van der Waals surface area contributed by atoms with E-state index < -0.39 is 0 Å². The van der Waals surface area contributed by atoms with Gasteiger partial charge < -0.3 is 10.2 Å². The van der Waals surface area contributed by atoms with E-state index in [4.69, 9.17) is 0 Å². The number of allylic oxidation sites excluding steroid dienone is 2. The number of nitrogens with zero attached hydrogens (tertiary/aromatic N) is 1. The average Bonchev–Trinajstić information content (AvgIpc) is 2.14. The van der Waals surface area contributed by atoms with E-state index in [1.807, 2.05) is 47.0 Å². The fraction of sp³-hybridized carbons (Fsp3) is 0.583. The third kappa shape index (κ3) is 2.88. The highest BCUT2D eigenvalue weighted by Crippen LogP contribution is 2.20.